The Morgan fingerprint density at radius 2 is 2.36 bits per heavy atom. The summed E-state index contributed by atoms with van der Waals surface area (Å²) in [5, 5.41) is 7.64. The van der Waals surface area contributed by atoms with Crippen LogP contribution >= 0.6 is 0 Å². The number of nitrogens with zero attached hydrogens (tertiary/aromatic N) is 4. The van der Waals surface area contributed by atoms with Crippen molar-refractivity contribution in [2.24, 2.45) is 0 Å². The highest BCUT2D eigenvalue weighted by molar-refractivity contribution is 5.50. The third kappa shape index (κ3) is 1.41. The van der Waals surface area contributed by atoms with Crippen LogP contribution in [0.1, 0.15) is 6.92 Å². The van der Waals surface area contributed by atoms with Crippen molar-refractivity contribution in [3.05, 3.63) is 28.9 Å². The second kappa shape index (κ2) is 3.41. The van der Waals surface area contributed by atoms with Crippen LogP contribution in [0.15, 0.2) is 23.4 Å². The monoisotopic (exact) mass is 191 g/mol. The molecule has 2 aromatic rings. The van der Waals surface area contributed by atoms with E-state index in [1.54, 1.807) is 17.1 Å². The van der Waals surface area contributed by atoms with Crippen molar-refractivity contribution in [3.63, 3.8) is 0 Å². The molecular formula is C8H9N5O. The lowest BCUT2D eigenvalue weighted by atomic mass is 10.3. The van der Waals surface area contributed by atoms with Crippen LogP contribution in [0.25, 0.3) is 11.4 Å². The Morgan fingerprint density at radius 3 is 3.00 bits per heavy atom. The highest BCUT2D eigenvalue weighted by Gasteiger charge is 2.05. The maximum Gasteiger partial charge on any atom is 0.266 e. The van der Waals surface area contributed by atoms with E-state index in [0.717, 1.165) is 12.2 Å². The molecule has 0 aromatic carbocycles. The Morgan fingerprint density at radius 1 is 1.50 bits per heavy atom. The Balaban J connectivity index is 2.49. The van der Waals surface area contributed by atoms with Crippen molar-refractivity contribution in [3.8, 4) is 11.4 Å². The molecule has 0 atom stereocenters. The summed E-state index contributed by atoms with van der Waals surface area (Å²) in [6, 6.07) is 0. The van der Waals surface area contributed by atoms with E-state index < -0.39 is 0 Å². The van der Waals surface area contributed by atoms with Crippen molar-refractivity contribution >= 4 is 0 Å². The molecule has 14 heavy (non-hydrogen) atoms. The van der Waals surface area contributed by atoms with Crippen LogP contribution in [0.3, 0.4) is 0 Å². The first-order valence-electron chi connectivity index (χ1n) is 4.25. The van der Waals surface area contributed by atoms with E-state index in [-0.39, 0.29) is 5.56 Å². The number of H-pyrrole nitrogens is 1. The van der Waals surface area contributed by atoms with Gasteiger partial charge in [-0.1, -0.05) is 5.21 Å². The van der Waals surface area contributed by atoms with Gasteiger partial charge in [0.1, 0.15) is 11.4 Å². The molecule has 0 unspecified atom stereocenters. The molecule has 0 spiro atoms. The minimum Gasteiger partial charge on any atom is -0.326 e. The molecule has 0 saturated heterocycles. The zero-order valence-corrected chi connectivity index (χ0v) is 7.64. The van der Waals surface area contributed by atoms with Gasteiger partial charge in [0.25, 0.3) is 5.56 Å². The van der Waals surface area contributed by atoms with Gasteiger partial charge < -0.3 is 4.98 Å². The molecule has 72 valence electrons. The smallest absolute Gasteiger partial charge is 0.266 e. The summed E-state index contributed by atoms with van der Waals surface area (Å²) in [5.41, 5.74) is 1.24. The number of nitrogens with one attached hydrogen (secondary N) is 1. The van der Waals surface area contributed by atoms with Gasteiger partial charge in [0.15, 0.2) is 0 Å². The maximum absolute atomic E-state index is 10.8. The summed E-state index contributed by atoms with van der Waals surface area (Å²) in [6.07, 6.45) is 4.40. The first kappa shape index (κ1) is 8.61. The Labute approximate surface area is 79.6 Å². The topological polar surface area (TPSA) is 76.5 Å². The van der Waals surface area contributed by atoms with Gasteiger partial charge in [0.2, 0.25) is 0 Å². The van der Waals surface area contributed by atoms with Gasteiger partial charge in [0, 0.05) is 12.7 Å². The molecule has 0 aliphatic rings. The van der Waals surface area contributed by atoms with Crippen LogP contribution in [0.5, 0.6) is 0 Å². The Hall–Kier alpha value is -1.98. The summed E-state index contributed by atoms with van der Waals surface area (Å²) >= 11 is 0. The third-order valence-electron chi connectivity index (χ3n) is 1.85. The summed E-state index contributed by atoms with van der Waals surface area (Å²) in [7, 11) is 0. The largest absolute Gasteiger partial charge is 0.326 e. The highest BCUT2D eigenvalue weighted by Crippen LogP contribution is 2.11. The Bertz CT molecular complexity index is 466. The predicted octanol–water partition coefficient (Wildman–Crippen LogP) is 0.0483. The molecule has 2 heterocycles. The van der Waals surface area contributed by atoms with E-state index in [4.69, 9.17) is 0 Å². The molecule has 0 amide bonds. The normalized spacial score (nSPS) is 10.4. The molecule has 0 saturated carbocycles. The zero-order valence-electron chi connectivity index (χ0n) is 7.64. The van der Waals surface area contributed by atoms with Gasteiger partial charge in [0.05, 0.1) is 12.4 Å². The van der Waals surface area contributed by atoms with E-state index in [1.165, 1.54) is 6.20 Å². The molecule has 2 rings (SSSR count). The van der Waals surface area contributed by atoms with Crippen LogP contribution in [0.2, 0.25) is 0 Å². The Kier molecular flexibility index (Phi) is 2.10. The fraction of sp³-hybridized carbons (Fsp3) is 0.250. The second-order valence-corrected chi connectivity index (χ2v) is 2.73. The van der Waals surface area contributed by atoms with E-state index >= 15 is 0 Å². The van der Waals surface area contributed by atoms with E-state index in [1.807, 2.05) is 6.92 Å². The van der Waals surface area contributed by atoms with Crippen LogP contribution in [-0.2, 0) is 6.54 Å². The average Bonchev–Trinajstić information content (AvgIpc) is 2.67. The van der Waals surface area contributed by atoms with Gasteiger partial charge in [-0.15, -0.1) is 5.10 Å². The first-order chi connectivity index (χ1) is 6.81. The van der Waals surface area contributed by atoms with Crippen molar-refractivity contribution in [1.29, 1.82) is 0 Å². The molecule has 0 bridgehead atoms. The van der Waals surface area contributed by atoms with E-state index in [0.29, 0.717) is 5.69 Å². The predicted molar refractivity (Wildman–Crippen MR) is 49.5 cm³/mol. The molecule has 0 aliphatic heterocycles. The molecule has 2 aromatic heterocycles. The molecule has 6 nitrogen and oxygen atoms in total. The first-order valence-corrected chi connectivity index (χ1v) is 4.25. The lowest BCUT2D eigenvalue weighted by Gasteiger charge is -2.00. The second-order valence-electron chi connectivity index (χ2n) is 2.73. The highest BCUT2D eigenvalue weighted by atomic mass is 16.1. The minimum absolute atomic E-state index is 0.218. The lowest BCUT2D eigenvalue weighted by molar-refractivity contribution is 0.631. The van der Waals surface area contributed by atoms with E-state index in [2.05, 4.69) is 20.3 Å². The number of rotatable bonds is 2. The zero-order chi connectivity index (χ0) is 9.97. The maximum atomic E-state index is 10.8. The van der Waals surface area contributed by atoms with Gasteiger partial charge in [-0.05, 0) is 6.92 Å². The van der Waals surface area contributed by atoms with Gasteiger partial charge >= 0.3 is 0 Å². The van der Waals surface area contributed by atoms with Crippen molar-refractivity contribution < 1.29 is 0 Å². The molecule has 0 aliphatic carbocycles. The quantitative estimate of drug-likeness (QED) is 0.727. The summed E-state index contributed by atoms with van der Waals surface area (Å²) in [6.45, 7) is 2.68. The van der Waals surface area contributed by atoms with Crippen LogP contribution in [-0.4, -0.2) is 25.0 Å². The number of hydrogen-bond donors (Lipinski definition) is 1. The van der Waals surface area contributed by atoms with Gasteiger partial charge in [-0.25, -0.2) is 9.67 Å². The van der Waals surface area contributed by atoms with Crippen molar-refractivity contribution in [2.45, 2.75) is 13.5 Å². The van der Waals surface area contributed by atoms with Crippen molar-refractivity contribution in [2.75, 3.05) is 0 Å². The summed E-state index contributed by atoms with van der Waals surface area (Å²) in [5.74, 6) is 0. The molecule has 0 fully saturated rings. The van der Waals surface area contributed by atoms with Crippen molar-refractivity contribution in [1.82, 2.24) is 25.0 Å². The lowest BCUT2D eigenvalue weighted by Crippen LogP contribution is -2.06. The fourth-order valence-corrected chi connectivity index (χ4v) is 1.17. The summed E-state index contributed by atoms with van der Waals surface area (Å²) in [4.78, 5) is 17.3. The number of aryl methyl sites for hydroxylation is 1. The molecule has 0 radical (unpaired) electrons. The third-order valence-corrected chi connectivity index (χ3v) is 1.85. The van der Waals surface area contributed by atoms with Crippen LogP contribution in [0.4, 0.5) is 0 Å². The van der Waals surface area contributed by atoms with E-state index in [9.17, 15) is 4.79 Å². The average molecular weight is 191 g/mol. The standard InChI is InChI=1S/C8H9N5O/c1-2-13-7(4-11-12-13)6-3-10-8(14)5-9-6/h3-5H,2H2,1H3,(H,10,14). The summed E-state index contributed by atoms with van der Waals surface area (Å²) < 4.78 is 1.71. The number of aromatic nitrogens is 5. The SMILES string of the molecule is CCn1nncc1-c1c[nH]c(=O)cn1. The molecule has 6 heteroatoms. The minimum atomic E-state index is -0.218. The number of aromatic amines is 1. The fourth-order valence-electron chi connectivity index (χ4n) is 1.17. The molecular weight excluding hydrogens is 182 g/mol. The number of hydrogen-bond acceptors (Lipinski definition) is 4. The van der Waals surface area contributed by atoms with Crippen LogP contribution < -0.4 is 5.56 Å². The van der Waals surface area contributed by atoms with Gasteiger partial charge in [-0.3, -0.25) is 4.79 Å². The molecule has 1 N–H and O–H groups in total. The van der Waals surface area contributed by atoms with Gasteiger partial charge in [-0.2, -0.15) is 0 Å². The van der Waals surface area contributed by atoms with Crippen LogP contribution in [0, 0.1) is 0 Å².